The number of nitrogens with one attached hydrogen (secondary N) is 1. The SMILES string of the molecule is CS(=O)(=O)OC1(NCl)CCCCCC1. The Labute approximate surface area is 90.2 Å². The van der Waals surface area contributed by atoms with Gasteiger partial charge in [-0.05, 0) is 37.5 Å². The standard InChI is InChI=1S/C8H16ClNO3S/c1-14(11,12)13-8(10-9)6-4-2-3-5-7-8/h10H,2-7H2,1H3. The summed E-state index contributed by atoms with van der Waals surface area (Å²) in [7, 11) is -3.46. The molecule has 0 aliphatic heterocycles. The maximum atomic E-state index is 11.1. The third kappa shape index (κ3) is 3.73. The highest BCUT2D eigenvalue weighted by molar-refractivity contribution is 7.86. The van der Waals surface area contributed by atoms with Crippen LogP contribution in [-0.2, 0) is 14.3 Å². The van der Waals surface area contributed by atoms with Crippen LogP contribution in [0.15, 0.2) is 0 Å². The van der Waals surface area contributed by atoms with Crippen LogP contribution in [0.25, 0.3) is 0 Å². The summed E-state index contributed by atoms with van der Waals surface area (Å²) in [6, 6.07) is 0. The monoisotopic (exact) mass is 241 g/mol. The normalized spacial score (nSPS) is 23.0. The Morgan fingerprint density at radius 2 is 1.71 bits per heavy atom. The average molecular weight is 242 g/mol. The van der Waals surface area contributed by atoms with E-state index < -0.39 is 15.8 Å². The molecule has 0 saturated heterocycles. The van der Waals surface area contributed by atoms with Gasteiger partial charge in [0.05, 0.1) is 6.26 Å². The number of rotatable bonds is 3. The van der Waals surface area contributed by atoms with Crippen LogP contribution in [0.2, 0.25) is 0 Å². The lowest BCUT2D eigenvalue weighted by Gasteiger charge is -2.29. The lowest BCUT2D eigenvalue weighted by molar-refractivity contribution is 0.0501. The van der Waals surface area contributed by atoms with Crippen molar-refractivity contribution in [1.82, 2.24) is 4.84 Å². The summed E-state index contributed by atoms with van der Waals surface area (Å²) < 4.78 is 27.1. The van der Waals surface area contributed by atoms with Crippen molar-refractivity contribution in [1.29, 1.82) is 0 Å². The zero-order valence-electron chi connectivity index (χ0n) is 8.25. The first-order valence-corrected chi connectivity index (χ1v) is 6.95. The van der Waals surface area contributed by atoms with Gasteiger partial charge in [0.1, 0.15) is 0 Å². The van der Waals surface area contributed by atoms with Gasteiger partial charge in [-0.2, -0.15) is 8.42 Å². The zero-order valence-corrected chi connectivity index (χ0v) is 9.83. The fourth-order valence-corrected chi connectivity index (χ4v) is 2.84. The van der Waals surface area contributed by atoms with Gasteiger partial charge in [-0.1, -0.05) is 12.8 Å². The Kier molecular flexibility index (Phi) is 4.18. The molecule has 0 bridgehead atoms. The third-order valence-electron chi connectivity index (χ3n) is 2.39. The smallest absolute Gasteiger partial charge is 0.247 e. The molecule has 6 heteroatoms. The molecular weight excluding hydrogens is 226 g/mol. The topological polar surface area (TPSA) is 55.4 Å². The van der Waals surface area contributed by atoms with Crippen molar-refractivity contribution in [3.63, 3.8) is 0 Å². The minimum Gasteiger partial charge on any atom is -0.247 e. The van der Waals surface area contributed by atoms with Crippen molar-refractivity contribution < 1.29 is 12.6 Å². The molecule has 0 aromatic heterocycles. The van der Waals surface area contributed by atoms with E-state index in [1.807, 2.05) is 0 Å². The molecule has 0 radical (unpaired) electrons. The van der Waals surface area contributed by atoms with Crippen LogP contribution in [-0.4, -0.2) is 20.4 Å². The Bertz CT molecular complexity index is 270. The predicted molar refractivity (Wildman–Crippen MR) is 55.4 cm³/mol. The number of halogens is 1. The van der Waals surface area contributed by atoms with E-state index in [1.165, 1.54) is 0 Å². The molecule has 14 heavy (non-hydrogen) atoms. The summed E-state index contributed by atoms with van der Waals surface area (Å²) in [5, 5.41) is 0. The van der Waals surface area contributed by atoms with Crippen LogP contribution >= 0.6 is 11.8 Å². The van der Waals surface area contributed by atoms with Crippen molar-refractivity contribution in [3.8, 4) is 0 Å². The minimum absolute atomic E-state index is 0.642. The van der Waals surface area contributed by atoms with E-state index >= 15 is 0 Å². The molecule has 0 amide bonds. The van der Waals surface area contributed by atoms with Crippen LogP contribution < -0.4 is 4.84 Å². The van der Waals surface area contributed by atoms with Crippen LogP contribution in [0, 0.1) is 0 Å². The molecule has 0 atom stereocenters. The van der Waals surface area contributed by atoms with Gasteiger partial charge in [0.25, 0.3) is 10.1 Å². The fourth-order valence-electron chi connectivity index (χ4n) is 1.78. The molecule has 1 saturated carbocycles. The van der Waals surface area contributed by atoms with E-state index in [1.54, 1.807) is 0 Å². The summed E-state index contributed by atoms with van der Waals surface area (Å²) in [5.41, 5.74) is -0.883. The maximum absolute atomic E-state index is 11.1. The molecule has 1 rings (SSSR count). The highest BCUT2D eigenvalue weighted by Crippen LogP contribution is 2.29. The summed E-state index contributed by atoms with van der Waals surface area (Å²) in [6.07, 6.45) is 6.42. The fraction of sp³-hybridized carbons (Fsp3) is 1.00. The largest absolute Gasteiger partial charge is 0.266 e. The van der Waals surface area contributed by atoms with E-state index in [0.717, 1.165) is 31.9 Å². The summed E-state index contributed by atoms with van der Waals surface area (Å²) >= 11 is 5.58. The lowest BCUT2D eigenvalue weighted by atomic mass is 10.1. The molecule has 0 aromatic rings. The summed E-state index contributed by atoms with van der Waals surface area (Å²) in [4.78, 5) is 2.48. The third-order valence-corrected chi connectivity index (χ3v) is 3.36. The Morgan fingerprint density at radius 3 is 2.07 bits per heavy atom. The van der Waals surface area contributed by atoms with E-state index in [9.17, 15) is 8.42 Å². The van der Waals surface area contributed by atoms with Gasteiger partial charge in [0.2, 0.25) is 0 Å². The van der Waals surface area contributed by atoms with Crippen LogP contribution in [0.1, 0.15) is 38.5 Å². The van der Waals surface area contributed by atoms with E-state index in [0.29, 0.717) is 12.8 Å². The van der Waals surface area contributed by atoms with Crippen molar-refractivity contribution in [3.05, 3.63) is 0 Å². The van der Waals surface area contributed by atoms with Crippen molar-refractivity contribution in [2.75, 3.05) is 6.26 Å². The summed E-state index contributed by atoms with van der Waals surface area (Å²) in [6.45, 7) is 0. The summed E-state index contributed by atoms with van der Waals surface area (Å²) in [5.74, 6) is 0. The van der Waals surface area contributed by atoms with Gasteiger partial charge >= 0.3 is 0 Å². The second-order valence-corrected chi connectivity index (χ2v) is 5.55. The van der Waals surface area contributed by atoms with Crippen LogP contribution in [0.3, 0.4) is 0 Å². The molecular formula is C8H16ClNO3S. The van der Waals surface area contributed by atoms with E-state index in [2.05, 4.69) is 4.84 Å². The van der Waals surface area contributed by atoms with Crippen molar-refractivity contribution >= 4 is 21.9 Å². The molecule has 1 N–H and O–H groups in total. The molecule has 0 spiro atoms. The molecule has 4 nitrogen and oxygen atoms in total. The van der Waals surface area contributed by atoms with Gasteiger partial charge in [-0.15, -0.1) is 0 Å². The first-order valence-electron chi connectivity index (χ1n) is 4.76. The average Bonchev–Trinajstić information content (AvgIpc) is 2.28. The Hall–Kier alpha value is 0.160. The minimum atomic E-state index is -3.46. The zero-order chi connectivity index (χ0) is 10.7. The first-order chi connectivity index (χ1) is 6.47. The highest BCUT2D eigenvalue weighted by atomic mass is 35.5. The second kappa shape index (κ2) is 4.79. The lowest BCUT2D eigenvalue weighted by Crippen LogP contribution is -2.43. The predicted octanol–water partition coefficient (Wildman–Crippen LogP) is 1.76. The van der Waals surface area contributed by atoms with Gasteiger partial charge < -0.3 is 0 Å². The molecule has 1 fully saturated rings. The molecule has 0 heterocycles. The molecule has 0 unspecified atom stereocenters. The van der Waals surface area contributed by atoms with E-state index in [4.69, 9.17) is 16.0 Å². The van der Waals surface area contributed by atoms with Crippen molar-refractivity contribution in [2.24, 2.45) is 0 Å². The number of hydrogen-bond acceptors (Lipinski definition) is 4. The molecule has 0 aromatic carbocycles. The van der Waals surface area contributed by atoms with E-state index in [-0.39, 0.29) is 0 Å². The maximum Gasteiger partial charge on any atom is 0.266 e. The highest BCUT2D eigenvalue weighted by Gasteiger charge is 2.34. The van der Waals surface area contributed by atoms with Gasteiger partial charge in [0, 0.05) is 0 Å². The number of hydrogen-bond donors (Lipinski definition) is 1. The van der Waals surface area contributed by atoms with Gasteiger partial charge in [-0.3, -0.25) is 0 Å². The second-order valence-electron chi connectivity index (χ2n) is 3.79. The Morgan fingerprint density at radius 1 is 1.21 bits per heavy atom. The van der Waals surface area contributed by atoms with Gasteiger partial charge in [0.15, 0.2) is 5.72 Å². The Balaban J connectivity index is 2.72. The van der Waals surface area contributed by atoms with Gasteiger partial charge in [-0.25, -0.2) is 9.02 Å². The first kappa shape index (κ1) is 12.2. The quantitative estimate of drug-likeness (QED) is 0.354. The molecule has 84 valence electrons. The van der Waals surface area contributed by atoms with Crippen LogP contribution in [0.5, 0.6) is 0 Å². The van der Waals surface area contributed by atoms with Crippen LogP contribution in [0.4, 0.5) is 0 Å². The molecule has 1 aliphatic carbocycles. The van der Waals surface area contributed by atoms with Crippen molar-refractivity contribution in [2.45, 2.75) is 44.2 Å². The molecule has 1 aliphatic rings.